The first kappa shape index (κ1) is 20.4. The van der Waals surface area contributed by atoms with E-state index < -0.39 is 17.7 Å². The molecule has 3 atom stereocenters. The Bertz CT molecular complexity index is 678. The number of aryl methyl sites for hydroxylation is 1. The number of carbonyl (C=O) groups excluding carboxylic acids is 2. The minimum absolute atomic E-state index is 0.0974. The van der Waals surface area contributed by atoms with Gasteiger partial charge in [-0.25, -0.2) is 9.78 Å². The van der Waals surface area contributed by atoms with Gasteiger partial charge in [0.2, 0.25) is 5.91 Å². The van der Waals surface area contributed by atoms with Gasteiger partial charge in [-0.3, -0.25) is 9.69 Å². The number of alkyl halides is 1. The van der Waals surface area contributed by atoms with Crippen LogP contribution < -0.4 is 5.32 Å². The summed E-state index contributed by atoms with van der Waals surface area (Å²) in [6.45, 7) is 9.35. The second-order valence-corrected chi connectivity index (χ2v) is 9.37. The van der Waals surface area contributed by atoms with Crippen LogP contribution in [0.4, 0.5) is 10.6 Å². The van der Waals surface area contributed by atoms with E-state index in [1.54, 1.807) is 4.90 Å². The van der Waals surface area contributed by atoms with E-state index in [0.717, 1.165) is 5.56 Å². The van der Waals surface area contributed by atoms with E-state index in [-0.39, 0.29) is 15.9 Å². The van der Waals surface area contributed by atoms with Gasteiger partial charge in [0.15, 0.2) is 0 Å². The molecule has 0 saturated carbocycles. The Morgan fingerprint density at radius 3 is 2.64 bits per heavy atom. The van der Waals surface area contributed by atoms with E-state index in [9.17, 15) is 9.59 Å². The summed E-state index contributed by atoms with van der Waals surface area (Å²) < 4.78 is 6.04. The van der Waals surface area contributed by atoms with Gasteiger partial charge in [0.25, 0.3) is 0 Å². The van der Waals surface area contributed by atoms with Crippen LogP contribution in [0.25, 0.3) is 0 Å². The molecule has 2 rings (SSSR count). The van der Waals surface area contributed by atoms with Gasteiger partial charge in [0.1, 0.15) is 22.1 Å². The lowest BCUT2D eigenvalue weighted by Gasteiger charge is -2.30. The van der Waals surface area contributed by atoms with E-state index in [2.05, 4.69) is 48.8 Å². The smallest absolute Gasteiger partial charge is 0.411 e. The molecule has 6 nitrogen and oxygen atoms in total. The third-order valence-electron chi connectivity index (χ3n) is 3.88. The van der Waals surface area contributed by atoms with Crippen molar-refractivity contribution in [3.8, 4) is 0 Å². The molecule has 1 aromatic rings. The Morgan fingerprint density at radius 1 is 1.40 bits per heavy atom. The fourth-order valence-corrected chi connectivity index (χ4v) is 3.85. The predicted octanol–water partition coefficient (Wildman–Crippen LogP) is 4.50. The van der Waals surface area contributed by atoms with Gasteiger partial charge in [-0.05, 0) is 67.6 Å². The molecule has 0 spiro atoms. The molecule has 1 aliphatic heterocycles. The average molecular weight is 524 g/mol. The van der Waals surface area contributed by atoms with Crippen LogP contribution >= 0.6 is 38.5 Å². The van der Waals surface area contributed by atoms with Crippen molar-refractivity contribution in [3.05, 3.63) is 22.3 Å². The highest BCUT2D eigenvalue weighted by molar-refractivity contribution is 14.1. The van der Waals surface area contributed by atoms with Crippen molar-refractivity contribution in [1.82, 2.24) is 9.88 Å². The number of ether oxygens (including phenoxy) is 1. The van der Waals surface area contributed by atoms with Crippen molar-refractivity contribution in [2.75, 3.05) is 5.32 Å². The van der Waals surface area contributed by atoms with Crippen LogP contribution in [0.1, 0.15) is 39.7 Å². The number of halogens is 2. The minimum atomic E-state index is -0.608. The quantitative estimate of drug-likeness (QED) is 0.268. The summed E-state index contributed by atoms with van der Waals surface area (Å²) in [6, 6.07) is 3.11. The molecule has 1 aliphatic rings. The summed E-state index contributed by atoms with van der Waals surface area (Å²) in [7, 11) is 0. The molecule has 0 bridgehead atoms. The number of likely N-dealkylation sites (tertiary alicyclic amines) is 1. The molecule has 1 N–H and O–H groups in total. The maximum Gasteiger partial charge on any atom is 0.411 e. The van der Waals surface area contributed by atoms with Crippen LogP contribution in [0.5, 0.6) is 0 Å². The first-order valence-electron chi connectivity index (χ1n) is 8.09. The lowest BCUT2D eigenvalue weighted by atomic mass is 10.1. The first-order valence-corrected chi connectivity index (χ1v) is 10.1. The summed E-state index contributed by atoms with van der Waals surface area (Å²) in [6.07, 6.45) is 0.126. The lowest BCUT2D eigenvalue weighted by Crippen LogP contribution is -2.47. The minimum Gasteiger partial charge on any atom is -0.444 e. The zero-order chi connectivity index (χ0) is 18.9. The van der Waals surface area contributed by atoms with E-state index in [1.807, 2.05) is 46.8 Å². The second-order valence-electron chi connectivity index (χ2n) is 7.28. The number of nitrogens with one attached hydrogen (secondary N) is 1. The fraction of sp³-hybridized carbons (Fsp3) is 0.588. The Kier molecular flexibility index (Phi) is 6.35. The van der Waals surface area contributed by atoms with Crippen LogP contribution in [0, 0.1) is 12.8 Å². The first-order chi connectivity index (χ1) is 11.5. The van der Waals surface area contributed by atoms with E-state index in [1.165, 1.54) is 0 Å². The summed E-state index contributed by atoms with van der Waals surface area (Å²) in [5.74, 6) is 0.444. The molecule has 2 amide bonds. The maximum absolute atomic E-state index is 12.8. The molecular weight excluding hydrogens is 501 g/mol. The van der Waals surface area contributed by atoms with Gasteiger partial charge < -0.3 is 10.1 Å². The number of aromatic nitrogens is 1. The molecule has 1 saturated heterocycles. The van der Waals surface area contributed by atoms with Crippen LogP contribution in [0.15, 0.2) is 16.7 Å². The van der Waals surface area contributed by atoms with Gasteiger partial charge in [-0.1, -0.05) is 35.6 Å². The highest BCUT2D eigenvalue weighted by Crippen LogP contribution is 2.35. The summed E-state index contributed by atoms with van der Waals surface area (Å²) in [4.78, 5) is 31.3. The molecule has 0 radical (unpaired) electrons. The Hall–Kier alpha value is -0.900. The SMILES string of the molecule is Cc1ccc(Br)nc1NC(=O)[C@@H]1C[C@H](C)[C@@H](I)N1C(=O)OC(C)(C)C. The normalized spacial score (nSPS) is 23.5. The van der Waals surface area contributed by atoms with Crippen molar-refractivity contribution in [2.45, 2.75) is 56.7 Å². The predicted molar refractivity (Wildman–Crippen MR) is 109 cm³/mol. The molecule has 0 unspecified atom stereocenters. The molecule has 25 heavy (non-hydrogen) atoms. The Balaban J connectivity index is 2.21. The van der Waals surface area contributed by atoms with Crippen LogP contribution in [-0.2, 0) is 9.53 Å². The number of anilines is 1. The standard InChI is InChI=1S/C17H23BrIN3O3/c1-9-6-7-12(18)20-14(9)21-15(23)11-8-10(2)13(19)22(11)16(24)25-17(3,4)5/h6-7,10-11,13H,8H2,1-5H3,(H,20,21,23)/t10-,11-,13-/m0/s1. The van der Waals surface area contributed by atoms with Crippen LogP contribution in [-0.4, -0.2) is 37.6 Å². The molecule has 1 aromatic heterocycles. The topological polar surface area (TPSA) is 71.5 Å². The monoisotopic (exact) mass is 523 g/mol. The van der Waals surface area contributed by atoms with E-state index >= 15 is 0 Å². The van der Waals surface area contributed by atoms with Gasteiger partial charge in [-0.2, -0.15) is 0 Å². The Labute approximate surface area is 170 Å². The van der Waals surface area contributed by atoms with Crippen molar-refractivity contribution in [2.24, 2.45) is 5.92 Å². The largest absolute Gasteiger partial charge is 0.444 e. The molecular formula is C17H23BrIN3O3. The average Bonchev–Trinajstić information content (AvgIpc) is 2.77. The number of pyridine rings is 1. The number of carbonyl (C=O) groups is 2. The van der Waals surface area contributed by atoms with E-state index in [0.29, 0.717) is 16.8 Å². The third-order valence-corrected chi connectivity index (χ3v) is 6.15. The van der Waals surface area contributed by atoms with Gasteiger partial charge in [0, 0.05) is 0 Å². The highest BCUT2D eigenvalue weighted by atomic mass is 127. The van der Waals surface area contributed by atoms with Gasteiger partial charge in [0.05, 0.1) is 4.05 Å². The van der Waals surface area contributed by atoms with Crippen molar-refractivity contribution >= 4 is 56.3 Å². The zero-order valence-electron chi connectivity index (χ0n) is 15.0. The van der Waals surface area contributed by atoms with Gasteiger partial charge in [-0.15, -0.1) is 0 Å². The fourth-order valence-electron chi connectivity index (χ4n) is 2.63. The molecule has 1 fully saturated rings. The number of amides is 2. The summed E-state index contributed by atoms with van der Waals surface area (Å²) in [5, 5.41) is 2.85. The zero-order valence-corrected chi connectivity index (χ0v) is 18.7. The molecule has 2 heterocycles. The van der Waals surface area contributed by atoms with Crippen LogP contribution in [0.3, 0.4) is 0 Å². The van der Waals surface area contributed by atoms with Crippen LogP contribution in [0.2, 0.25) is 0 Å². The summed E-state index contributed by atoms with van der Waals surface area (Å²) >= 11 is 5.51. The number of hydrogen-bond acceptors (Lipinski definition) is 4. The highest BCUT2D eigenvalue weighted by Gasteiger charge is 2.45. The molecule has 0 aromatic carbocycles. The van der Waals surface area contributed by atoms with Crippen molar-refractivity contribution in [1.29, 1.82) is 0 Å². The van der Waals surface area contributed by atoms with Crippen molar-refractivity contribution < 1.29 is 14.3 Å². The summed E-state index contributed by atoms with van der Waals surface area (Å²) in [5.41, 5.74) is 0.250. The van der Waals surface area contributed by atoms with Gasteiger partial charge >= 0.3 is 6.09 Å². The number of nitrogens with zero attached hydrogens (tertiary/aromatic N) is 2. The second kappa shape index (κ2) is 7.77. The molecule has 8 heteroatoms. The van der Waals surface area contributed by atoms with Crippen molar-refractivity contribution in [3.63, 3.8) is 0 Å². The van der Waals surface area contributed by atoms with E-state index in [4.69, 9.17) is 4.74 Å². The number of hydrogen-bond donors (Lipinski definition) is 1. The molecule has 138 valence electrons. The Morgan fingerprint density at radius 2 is 2.04 bits per heavy atom. The number of rotatable bonds is 2. The lowest BCUT2D eigenvalue weighted by molar-refractivity contribution is -0.120. The third kappa shape index (κ3) is 5.06. The maximum atomic E-state index is 12.8. The molecule has 0 aliphatic carbocycles.